The van der Waals surface area contributed by atoms with E-state index in [0.29, 0.717) is 42.5 Å². The average Bonchev–Trinajstić information content (AvgIpc) is 3.14. The third kappa shape index (κ3) is 3.18. The van der Waals surface area contributed by atoms with Gasteiger partial charge in [0, 0.05) is 24.2 Å². The molecular weight excluding hydrogens is 436 g/mol. The Morgan fingerprint density at radius 3 is 2.34 bits per heavy atom. The van der Waals surface area contributed by atoms with Crippen molar-refractivity contribution >= 4 is 5.78 Å². The molecule has 35 heavy (non-hydrogen) atoms. The Kier molecular flexibility index (Phi) is 6.03. The number of carbonyl (C=O) groups excluding carboxylic acids is 1. The van der Waals surface area contributed by atoms with Crippen LogP contribution in [0.5, 0.6) is 0 Å². The minimum atomic E-state index is -1.14. The van der Waals surface area contributed by atoms with Gasteiger partial charge in [-0.3, -0.25) is 4.79 Å². The van der Waals surface area contributed by atoms with Crippen LogP contribution in [0.1, 0.15) is 99.8 Å². The normalized spacial score (nSPS) is 51.5. The van der Waals surface area contributed by atoms with Crippen LogP contribution >= 0.6 is 0 Å². The topological polar surface area (TPSA) is 66.8 Å². The molecule has 0 spiro atoms. The fourth-order valence-corrected chi connectivity index (χ4v) is 11.4. The third-order valence-corrected chi connectivity index (χ3v) is 13.2. The van der Waals surface area contributed by atoms with Crippen molar-refractivity contribution in [1.82, 2.24) is 0 Å². The lowest BCUT2D eigenvalue weighted by Gasteiger charge is -2.71. The number of Topliss-reactive ketones (excluding diaryl/α,β-unsaturated/α-hetero) is 1. The van der Waals surface area contributed by atoms with Crippen LogP contribution in [-0.4, -0.2) is 35.5 Å². The molecule has 2 N–H and O–H groups in total. The van der Waals surface area contributed by atoms with E-state index in [-0.39, 0.29) is 33.4 Å². The van der Waals surface area contributed by atoms with Crippen LogP contribution in [0.3, 0.4) is 0 Å². The molecule has 0 radical (unpaired) electrons. The number of ketones is 1. The Hall–Kier alpha value is -0.710. The quantitative estimate of drug-likeness (QED) is 0.468. The zero-order chi connectivity index (χ0) is 25.6. The number of rotatable bonds is 4. The molecule has 0 aromatic carbocycles. The maximum atomic E-state index is 13.6. The van der Waals surface area contributed by atoms with Gasteiger partial charge in [0.25, 0.3) is 0 Å². The first-order chi connectivity index (χ1) is 16.3. The lowest BCUT2D eigenvalue weighted by atomic mass is 9.33. The number of hydrogen-bond acceptors (Lipinski definition) is 4. The summed E-state index contributed by atoms with van der Waals surface area (Å²) in [5, 5.41) is 21.4. The third-order valence-electron chi connectivity index (χ3n) is 13.2. The monoisotopic (exact) mass is 486 g/mol. The summed E-state index contributed by atoms with van der Waals surface area (Å²) in [6.07, 6.45) is 10.5. The first-order valence-corrected chi connectivity index (χ1v) is 14.5. The zero-order valence-electron chi connectivity index (χ0n) is 23.3. The summed E-state index contributed by atoms with van der Waals surface area (Å²) < 4.78 is 5.56. The van der Waals surface area contributed by atoms with Crippen LogP contribution < -0.4 is 0 Å². The van der Waals surface area contributed by atoms with Gasteiger partial charge < -0.3 is 14.9 Å². The predicted molar refractivity (Wildman–Crippen MR) is 138 cm³/mol. The Morgan fingerprint density at radius 2 is 1.69 bits per heavy atom. The molecule has 0 aromatic heterocycles. The maximum Gasteiger partial charge on any atom is 0.184 e. The van der Waals surface area contributed by atoms with E-state index in [1.807, 2.05) is 6.92 Å². The first kappa shape index (κ1) is 25.9. The SMILES string of the molecule is CCOC(O)C1=C[C@]2(C)[C@H]3CC[C@@H]4[C@H]5[C@H](C)CC[C@]5(CO)CC[C@@]4(C)[C@]3(C)CC[C@H]2C(C)(C)C1=O. The highest BCUT2D eigenvalue weighted by Gasteiger charge is 2.70. The van der Waals surface area contributed by atoms with Crippen LogP contribution in [0.2, 0.25) is 0 Å². The summed E-state index contributed by atoms with van der Waals surface area (Å²) in [6.45, 7) is 16.8. The maximum absolute atomic E-state index is 13.6. The van der Waals surface area contributed by atoms with E-state index >= 15 is 0 Å². The molecule has 4 saturated carbocycles. The molecule has 5 aliphatic carbocycles. The minimum absolute atomic E-state index is 0.0644. The fourth-order valence-electron chi connectivity index (χ4n) is 11.4. The van der Waals surface area contributed by atoms with Crippen molar-refractivity contribution in [1.29, 1.82) is 0 Å². The molecule has 10 atom stereocenters. The Balaban J connectivity index is 1.58. The van der Waals surface area contributed by atoms with Crippen molar-refractivity contribution in [3.8, 4) is 0 Å². The molecule has 198 valence electrons. The van der Waals surface area contributed by atoms with Crippen molar-refractivity contribution in [2.24, 2.45) is 56.7 Å². The minimum Gasteiger partial charge on any atom is -0.396 e. The van der Waals surface area contributed by atoms with Gasteiger partial charge in [-0.05, 0) is 110 Å². The standard InChI is InChI=1S/C31H50O4/c1-8-35-26(34)20-17-28(5)22(27(3,4)25(20)33)12-13-30(7)23(28)10-9-21-24-19(2)11-14-31(24,18-32)16-15-29(21,30)6/h17,19,21-24,26,32,34H,8-16,18H2,1-7H3/t19-,21-,22+,23-,24-,26?,28+,29-,30-,31-/m1/s1. The van der Waals surface area contributed by atoms with E-state index in [4.69, 9.17) is 4.74 Å². The molecule has 5 rings (SSSR count). The molecule has 0 heterocycles. The van der Waals surface area contributed by atoms with Crippen LogP contribution in [0.15, 0.2) is 11.6 Å². The van der Waals surface area contributed by atoms with Crippen LogP contribution in [-0.2, 0) is 9.53 Å². The molecule has 0 bridgehead atoms. The highest BCUT2D eigenvalue weighted by atomic mass is 16.6. The highest BCUT2D eigenvalue weighted by molar-refractivity contribution is 6.01. The van der Waals surface area contributed by atoms with Gasteiger partial charge in [-0.1, -0.05) is 47.6 Å². The molecule has 4 heteroatoms. The summed E-state index contributed by atoms with van der Waals surface area (Å²) in [5.74, 6) is 2.81. The molecule has 0 aromatic rings. The first-order valence-electron chi connectivity index (χ1n) is 14.5. The van der Waals surface area contributed by atoms with Crippen molar-refractivity contribution in [3.05, 3.63) is 11.6 Å². The lowest BCUT2D eigenvalue weighted by molar-refractivity contribution is -0.223. The van der Waals surface area contributed by atoms with Gasteiger partial charge >= 0.3 is 0 Å². The largest absolute Gasteiger partial charge is 0.396 e. The van der Waals surface area contributed by atoms with Gasteiger partial charge in [-0.15, -0.1) is 0 Å². The van der Waals surface area contributed by atoms with Gasteiger partial charge in [0.1, 0.15) is 0 Å². The predicted octanol–water partition coefficient (Wildman–Crippen LogP) is 6.15. The second-order valence-corrected chi connectivity index (χ2v) is 14.5. The van der Waals surface area contributed by atoms with Crippen molar-refractivity contribution in [2.75, 3.05) is 13.2 Å². The summed E-state index contributed by atoms with van der Waals surface area (Å²) in [4.78, 5) is 13.6. The molecule has 4 fully saturated rings. The number of hydrogen-bond donors (Lipinski definition) is 2. The van der Waals surface area contributed by atoms with Crippen LogP contribution in [0.4, 0.5) is 0 Å². The Labute approximate surface area is 213 Å². The van der Waals surface area contributed by atoms with Crippen molar-refractivity contribution in [2.45, 2.75) is 106 Å². The summed E-state index contributed by atoms with van der Waals surface area (Å²) in [5.41, 5.74) is 0.401. The molecule has 0 aliphatic heterocycles. The average molecular weight is 487 g/mol. The van der Waals surface area contributed by atoms with Gasteiger partial charge in [0.2, 0.25) is 0 Å². The molecular formula is C31H50O4. The van der Waals surface area contributed by atoms with Gasteiger partial charge in [0.05, 0.1) is 0 Å². The number of fused-ring (bicyclic) bond motifs is 7. The smallest absolute Gasteiger partial charge is 0.184 e. The fraction of sp³-hybridized carbons (Fsp3) is 0.903. The number of aliphatic hydroxyl groups excluding tert-OH is 2. The summed E-state index contributed by atoms with van der Waals surface area (Å²) in [6, 6.07) is 0. The second-order valence-electron chi connectivity index (χ2n) is 14.5. The molecule has 0 amide bonds. The Bertz CT molecular complexity index is 908. The number of allylic oxidation sites excluding steroid dienone is 1. The van der Waals surface area contributed by atoms with Gasteiger partial charge in [-0.2, -0.15) is 0 Å². The van der Waals surface area contributed by atoms with Crippen LogP contribution in [0, 0.1) is 56.7 Å². The Morgan fingerprint density at radius 1 is 0.971 bits per heavy atom. The summed E-state index contributed by atoms with van der Waals surface area (Å²) >= 11 is 0. The van der Waals surface area contributed by atoms with Gasteiger partial charge in [0.15, 0.2) is 12.1 Å². The van der Waals surface area contributed by atoms with Gasteiger partial charge in [-0.25, -0.2) is 0 Å². The number of aliphatic hydroxyl groups is 2. The zero-order valence-corrected chi connectivity index (χ0v) is 23.3. The van der Waals surface area contributed by atoms with Crippen LogP contribution in [0.25, 0.3) is 0 Å². The number of carbonyl (C=O) groups is 1. The molecule has 5 aliphatic rings. The van der Waals surface area contributed by atoms with E-state index in [2.05, 4.69) is 47.6 Å². The summed E-state index contributed by atoms with van der Waals surface area (Å²) in [7, 11) is 0. The highest BCUT2D eigenvalue weighted by Crippen LogP contribution is 2.76. The van der Waals surface area contributed by atoms with E-state index in [0.717, 1.165) is 12.8 Å². The lowest BCUT2D eigenvalue weighted by Crippen LogP contribution is -2.66. The second kappa shape index (κ2) is 8.14. The van der Waals surface area contributed by atoms with E-state index in [1.54, 1.807) is 0 Å². The van der Waals surface area contributed by atoms with Crippen molar-refractivity contribution in [3.63, 3.8) is 0 Å². The molecule has 4 nitrogen and oxygen atoms in total. The van der Waals surface area contributed by atoms with Crippen molar-refractivity contribution < 1.29 is 19.7 Å². The van der Waals surface area contributed by atoms with E-state index < -0.39 is 11.7 Å². The molecule has 0 saturated heterocycles. The number of ether oxygens (including phenoxy) is 1. The van der Waals surface area contributed by atoms with E-state index in [1.165, 1.54) is 38.5 Å². The molecule has 1 unspecified atom stereocenters. The van der Waals surface area contributed by atoms with E-state index in [9.17, 15) is 15.0 Å².